The number of carbonyl (C=O) groups excluding carboxylic acids is 1. The van der Waals surface area contributed by atoms with E-state index in [1.54, 1.807) is 18.3 Å². The smallest absolute Gasteiger partial charge is 0.167 e. The molecule has 1 heterocycles. The first kappa shape index (κ1) is 13.8. The highest BCUT2D eigenvalue weighted by Crippen LogP contribution is 2.19. The van der Waals surface area contributed by atoms with Crippen molar-refractivity contribution in [1.82, 2.24) is 4.98 Å². The number of pyridine rings is 1. The van der Waals surface area contributed by atoms with Crippen LogP contribution in [0.5, 0.6) is 0 Å². The molecule has 0 N–H and O–H groups in total. The second kappa shape index (κ2) is 5.54. The molecule has 0 radical (unpaired) electrons. The number of benzene rings is 1. The molecule has 0 saturated heterocycles. The molecular weight excluding hydrogens is 258 g/mol. The summed E-state index contributed by atoms with van der Waals surface area (Å²) >= 11 is 5.81. The molecule has 0 fully saturated rings. The molecular formula is C16H16ClNO. The molecule has 98 valence electrons. The van der Waals surface area contributed by atoms with E-state index in [9.17, 15) is 4.79 Å². The van der Waals surface area contributed by atoms with Crippen LogP contribution in [0, 0.1) is 20.8 Å². The number of nitrogens with zero attached hydrogens (tertiary/aromatic N) is 1. The van der Waals surface area contributed by atoms with Crippen LogP contribution in [-0.2, 0) is 6.42 Å². The summed E-state index contributed by atoms with van der Waals surface area (Å²) in [6.45, 7) is 6.15. The van der Waals surface area contributed by atoms with Gasteiger partial charge in [-0.2, -0.15) is 0 Å². The van der Waals surface area contributed by atoms with Crippen molar-refractivity contribution in [1.29, 1.82) is 0 Å². The second-order valence-corrected chi connectivity index (χ2v) is 5.23. The van der Waals surface area contributed by atoms with Crippen molar-refractivity contribution < 1.29 is 4.79 Å². The number of aryl methyl sites for hydroxylation is 3. The molecule has 0 unspecified atom stereocenters. The molecule has 0 aliphatic heterocycles. The van der Waals surface area contributed by atoms with E-state index in [4.69, 9.17) is 11.6 Å². The zero-order valence-electron chi connectivity index (χ0n) is 11.3. The Balaban J connectivity index is 2.29. The van der Waals surface area contributed by atoms with Crippen molar-refractivity contribution in [3.05, 3.63) is 63.4 Å². The summed E-state index contributed by atoms with van der Waals surface area (Å²) in [4.78, 5) is 16.2. The fourth-order valence-corrected chi connectivity index (χ4v) is 2.50. The molecule has 2 rings (SSSR count). The predicted molar refractivity (Wildman–Crippen MR) is 77.9 cm³/mol. The van der Waals surface area contributed by atoms with Crippen molar-refractivity contribution in [2.24, 2.45) is 0 Å². The minimum Gasteiger partial charge on any atom is -0.294 e. The Morgan fingerprint density at radius 3 is 2.37 bits per heavy atom. The Morgan fingerprint density at radius 2 is 1.79 bits per heavy atom. The molecule has 2 aromatic rings. The monoisotopic (exact) mass is 273 g/mol. The van der Waals surface area contributed by atoms with Gasteiger partial charge in [-0.1, -0.05) is 29.3 Å². The van der Waals surface area contributed by atoms with E-state index >= 15 is 0 Å². The lowest BCUT2D eigenvalue weighted by molar-refractivity contribution is 0.0992. The molecule has 0 spiro atoms. The van der Waals surface area contributed by atoms with Gasteiger partial charge in [-0.3, -0.25) is 4.79 Å². The largest absolute Gasteiger partial charge is 0.294 e. The van der Waals surface area contributed by atoms with Gasteiger partial charge in [-0.25, -0.2) is 4.98 Å². The van der Waals surface area contributed by atoms with Crippen LogP contribution in [0.2, 0.25) is 5.15 Å². The van der Waals surface area contributed by atoms with E-state index in [2.05, 4.69) is 24.0 Å². The number of hydrogen-bond donors (Lipinski definition) is 0. The molecule has 0 amide bonds. The highest BCUT2D eigenvalue weighted by molar-refractivity contribution is 6.29. The molecule has 19 heavy (non-hydrogen) atoms. The molecule has 3 heteroatoms. The van der Waals surface area contributed by atoms with Gasteiger partial charge in [0, 0.05) is 18.2 Å². The zero-order chi connectivity index (χ0) is 14.0. The van der Waals surface area contributed by atoms with Crippen molar-refractivity contribution >= 4 is 17.4 Å². The van der Waals surface area contributed by atoms with E-state index < -0.39 is 0 Å². The molecule has 1 aromatic carbocycles. The second-order valence-electron chi connectivity index (χ2n) is 4.84. The van der Waals surface area contributed by atoms with Gasteiger partial charge in [-0.05, 0) is 49.6 Å². The summed E-state index contributed by atoms with van der Waals surface area (Å²) < 4.78 is 0. The van der Waals surface area contributed by atoms with Crippen LogP contribution in [0.15, 0.2) is 30.5 Å². The minimum atomic E-state index is 0.0688. The SMILES string of the molecule is Cc1cc(C)c(CC(=O)c2ccnc(Cl)c2)c(C)c1. The fourth-order valence-electron chi connectivity index (χ4n) is 2.33. The summed E-state index contributed by atoms with van der Waals surface area (Å²) in [6.07, 6.45) is 1.96. The van der Waals surface area contributed by atoms with E-state index in [0.29, 0.717) is 17.1 Å². The summed E-state index contributed by atoms with van der Waals surface area (Å²) in [5.74, 6) is 0.0688. The van der Waals surface area contributed by atoms with Gasteiger partial charge in [0.2, 0.25) is 0 Å². The van der Waals surface area contributed by atoms with Crippen molar-refractivity contribution in [3.63, 3.8) is 0 Å². The Kier molecular flexibility index (Phi) is 4.01. The number of Topliss-reactive ketones (excluding diaryl/α,β-unsaturated/α-hetero) is 1. The first-order valence-corrected chi connectivity index (χ1v) is 6.56. The van der Waals surface area contributed by atoms with Crippen molar-refractivity contribution in [2.45, 2.75) is 27.2 Å². The number of ketones is 1. The molecule has 0 aliphatic carbocycles. The van der Waals surface area contributed by atoms with Gasteiger partial charge in [0.05, 0.1) is 0 Å². The lowest BCUT2D eigenvalue weighted by Crippen LogP contribution is -2.07. The molecule has 0 atom stereocenters. The molecule has 1 aromatic heterocycles. The highest BCUT2D eigenvalue weighted by atomic mass is 35.5. The minimum absolute atomic E-state index is 0.0688. The number of carbonyl (C=O) groups is 1. The average molecular weight is 274 g/mol. The molecule has 2 nitrogen and oxygen atoms in total. The first-order chi connectivity index (χ1) is 8.97. The quantitative estimate of drug-likeness (QED) is 0.623. The van der Waals surface area contributed by atoms with Crippen LogP contribution < -0.4 is 0 Å². The van der Waals surface area contributed by atoms with Gasteiger partial charge in [0.15, 0.2) is 5.78 Å². The summed E-state index contributed by atoms with van der Waals surface area (Å²) in [7, 11) is 0. The van der Waals surface area contributed by atoms with Gasteiger partial charge in [0.1, 0.15) is 5.15 Å². The lowest BCUT2D eigenvalue weighted by atomic mass is 9.94. The van der Waals surface area contributed by atoms with Gasteiger partial charge in [-0.15, -0.1) is 0 Å². The maximum absolute atomic E-state index is 12.3. The summed E-state index contributed by atoms with van der Waals surface area (Å²) in [6, 6.07) is 7.53. The van der Waals surface area contributed by atoms with E-state index in [1.165, 1.54) is 5.56 Å². The third kappa shape index (κ3) is 3.21. The lowest BCUT2D eigenvalue weighted by Gasteiger charge is -2.10. The maximum Gasteiger partial charge on any atom is 0.167 e. The topological polar surface area (TPSA) is 30.0 Å². The summed E-state index contributed by atoms with van der Waals surface area (Å²) in [5.41, 5.74) is 5.25. The maximum atomic E-state index is 12.3. The van der Waals surface area contributed by atoms with Gasteiger partial charge < -0.3 is 0 Å². The van der Waals surface area contributed by atoms with Crippen LogP contribution in [0.3, 0.4) is 0 Å². The number of halogens is 1. The first-order valence-electron chi connectivity index (χ1n) is 6.19. The van der Waals surface area contributed by atoms with Crippen LogP contribution in [0.4, 0.5) is 0 Å². The Morgan fingerprint density at radius 1 is 1.16 bits per heavy atom. The van der Waals surface area contributed by atoms with Crippen LogP contribution in [-0.4, -0.2) is 10.8 Å². The van der Waals surface area contributed by atoms with Crippen molar-refractivity contribution in [2.75, 3.05) is 0 Å². The fraction of sp³-hybridized carbons (Fsp3) is 0.250. The highest BCUT2D eigenvalue weighted by Gasteiger charge is 2.12. The third-order valence-electron chi connectivity index (χ3n) is 3.23. The summed E-state index contributed by atoms with van der Waals surface area (Å²) in [5, 5.41) is 0.350. The zero-order valence-corrected chi connectivity index (χ0v) is 12.1. The average Bonchev–Trinajstić information content (AvgIpc) is 2.33. The third-order valence-corrected chi connectivity index (χ3v) is 3.43. The van der Waals surface area contributed by atoms with Crippen LogP contribution in [0.1, 0.15) is 32.6 Å². The number of hydrogen-bond acceptors (Lipinski definition) is 2. The molecule has 0 saturated carbocycles. The molecule has 0 bridgehead atoms. The number of aromatic nitrogens is 1. The number of rotatable bonds is 3. The van der Waals surface area contributed by atoms with Crippen LogP contribution >= 0.6 is 11.6 Å². The van der Waals surface area contributed by atoms with Crippen molar-refractivity contribution in [3.8, 4) is 0 Å². The van der Waals surface area contributed by atoms with Gasteiger partial charge >= 0.3 is 0 Å². The predicted octanol–water partition coefficient (Wildman–Crippen LogP) is 4.09. The standard InChI is InChI=1S/C16H16ClNO/c1-10-6-11(2)14(12(3)7-10)9-15(19)13-4-5-18-16(17)8-13/h4-8H,9H2,1-3H3. The Hall–Kier alpha value is -1.67. The normalized spacial score (nSPS) is 10.5. The van der Waals surface area contributed by atoms with E-state index in [1.807, 2.05) is 13.8 Å². The van der Waals surface area contributed by atoms with E-state index in [0.717, 1.165) is 16.7 Å². The van der Waals surface area contributed by atoms with E-state index in [-0.39, 0.29) is 5.78 Å². The van der Waals surface area contributed by atoms with Gasteiger partial charge in [0.25, 0.3) is 0 Å². The van der Waals surface area contributed by atoms with Crippen LogP contribution in [0.25, 0.3) is 0 Å². The Bertz CT molecular complexity index is 611. The Labute approximate surface area is 118 Å². The molecule has 0 aliphatic rings.